The second kappa shape index (κ2) is 11.5. The largest absolute Gasteiger partial charge is 0.456 e. The van der Waals surface area contributed by atoms with Crippen LogP contribution >= 0.6 is 0 Å². The summed E-state index contributed by atoms with van der Waals surface area (Å²) in [7, 11) is 0. The van der Waals surface area contributed by atoms with Gasteiger partial charge < -0.3 is 23.7 Å². The number of nitro benzene ring substituents is 1. The molecule has 36 heavy (non-hydrogen) atoms. The number of non-ortho nitro benzene ring substituents is 1. The van der Waals surface area contributed by atoms with Gasteiger partial charge in [0, 0.05) is 18.6 Å². The number of ketones is 1. The Hall–Kier alpha value is -3.44. The van der Waals surface area contributed by atoms with Gasteiger partial charge in [-0.15, -0.1) is 0 Å². The zero-order chi connectivity index (χ0) is 25.7. The molecular formula is C26H27NO9. The number of benzene rings is 2. The fourth-order valence-electron chi connectivity index (χ4n) is 3.96. The molecule has 2 aliphatic rings. The summed E-state index contributed by atoms with van der Waals surface area (Å²) in [4.78, 5) is 35.0. The summed E-state index contributed by atoms with van der Waals surface area (Å²) in [6.45, 7) is 3.71. The zero-order valence-corrected chi connectivity index (χ0v) is 19.9. The van der Waals surface area contributed by atoms with Crippen LogP contribution in [0.3, 0.4) is 0 Å². The number of nitrogens with zero attached hydrogens (tertiary/aromatic N) is 1. The second-order valence-corrected chi connectivity index (χ2v) is 8.56. The summed E-state index contributed by atoms with van der Waals surface area (Å²) in [6, 6.07) is 14.7. The first-order valence-corrected chi connectivity index (χ1v) is 11.6. The average Bonchev–Trinajstić information content (AvgIpc) is 2.87. The van der Waals surface area contributed by atoms with E-state index in [1.165, 1.54) is 36.4 Å². The molecule has 0 N–H and O–H groups in total. The van der Waals surface area contributed by atoms with Crippen LogP contribution in [0.4, 0.5) is 5.69 Å². The van der Waals surface area contributed by atoms with Gasteiger partial charge in [0.25, 0.3) is 5.69 Å². The predicted octanol–water partition coefficient (Wildman–Crippen LogP) is 3.73. The lowest BCUT2D eigenvalue weighted by atomic mass is 10.0. The molecule has 0 saturated carbocycles. The van der Waals surface area contributed by atoms with Crippen LogP contribution in [0, 0.1) is 10.1 Å². The molecule has 10 heteroatoms. The van der Waals surface area contributed by atoms with E-state index < -0.39 is 47.9 Å². The van der Waals surface area contributed by atoms with Crippen LogP contribution in [-0.2, 0) is 35.1 Å². The van der Waals surface area contributed by atoms with Crippen molar-refractivity contribution in [2.45, 2.75) is 63.9 Å². The van der Waals surface area contributed by atoms with Crippen molar-refractivity contribution in [3.8, 4) is 0 Å². The van der Waals surface area contributed by atoms with Crippen molar-refractivity contribution in [1.29, 1.82) is 0 Å². The first-order chi connectivity index (χ1) is 17.3. The molecule has 0 aliphatic carbocycles. The van der Waals surface area contributed by atoms with Gasteiger partial charge in [-0.3, -0.25) is 14.9 Å². The third-order valence-corrected chi connectivity index (χ3v) is 5.92. The number of hydrogen-bond acceptors (Lipinski definition) is 9. The molecule has 0 radical (unpaired) electrons. The molecule has 0 aromatic heterocycles. The Morgan fingerprint density at radius 2 is 1.81 bits per heavy atom. The number of esters is 1. The van der Waals surface area contributed by atoms with Gasteiger partial charge in [-0.2, -0.15) is 0 Å². The Morgan fingerprint density at radius 3 is 2.47 bits per heavy atom. The van der Waals surface area contributed by atoms with Gasteiger partial charge in [-0.05, 0) is 43.7 Å². The Kier molecular flexibility index (Phi) is 8.21. The first-order valence-electron chi connectivity index (χ1n) is 11.6. The molecule has 0 spiro atoms. The van der Waals surface area contributed by atoms with Crippen LogP contribution < -0.4 is 0 Å². The number of rotatable bonds is 8. The van der Waals surface area contributed by atoms with E-state index >= 15 is 0 Å². The Bertz CT molecular complexity index is 1100. The van der Waals surface area contributed by atoms with Crippen molar-refractivity contribution in [3.05, 3.63) is 88.0 Å². The molecule has 2 heterocycles. The molecule has 2 aliphatic heterocycles. The Labute approximate surface area is 207 Å². The van der Waals surface area contributed by atoms with Crippen molar-refractivity contribution in [2.75, 3.05) is 0 Å². The highest BCUT2D eigenvalue weighted by atomic mass is 16.7. The van der Waals surface area contributed by atoms with Gasteiger partial charge in [0.1, 0.15) is 18.3 Å². The normalized spacial score (nSPS) is 28.0. The van der Waals surface area contributed by atoms with Crippen molar-refractivity contribution in [3.63, 3.8) is 0 Å². The molecule has 0 unspecified atom stereocenters. The molecule has 2 aromatic rings. The van der Waals surface area contributed by atoms with Crippen LogP contribution in [0.5, 0.6) is 0 Å². The average molecular weight is 498 g/mol. The number of carbonyl (C=O) groups excluding carboxylic acids is 2. The minimum Gasteiger partial charge on any atom is -0.456 e. The molecular weight excluding hydrogens is 470 g/mol. The molecule has 1 saturated heterocycles. The van der Waals surface area contributed by atoms with Crippen molar-refractivity contribution >= 4 is 17.4 Å². The van der Waals surface area contributed by atoms with Gasteiger partial charge in [-0.1, -0.05) is 30.3 Å². The topological polar surface area (TPSA) is 123 Å². The highest BCUT2D eigenvalue weighted by Gasteiger charge is 2.42. The lowest BCUT2D eigenvalue weighted by Crippen LogP contribution is -2.52. The SMILES string of the molecule is C[C@H]1O[C@@H](O[C@@H]2[C@@H](C)O[C@@H](OCc3ccccc3)C[C@H]2OC(=O)c2ccc([N+](=O)[O-])cc2)C=CC1=O. The van der Waals surface area contributed by atoms with E-state index in [0.29, 0.717) is 6.61 Å². The quantitative estimate of drug-likeness (QED) is 0.305. The van der Waals surface area contributed by atoms with E-state index in [9.17, 15) is 19.7 Å². The van der Waals surface area contributed by atoms with E-state index in [1.54, 1.807) is 13.8 Å². The fourth-order valence-corrected chi connectivity index (χ4v) is 3.96. The van der Waals surface area contributed by atoms with E-state index in [0.717, 1.165) is 5.56 Å². The van der Waals surface area contributed by atoms with E-state index in [1.807, 2.05) is 30.3 Å². The maximum Gasteiger partial charge on any atom is 0.338 e. The highest BCUT2D eigenvalue weighted by Crippen LogP contribution is 2.29. The maximum absolute atomic E-state index is 12.9. The van der Waals surface area contributed by atoms with Crippen LogP contribution in [-0.4, -0.2) is 53.7 Å². The monoisotopic (exact) mass is 497 g/mol. The lowest BCUT2D eigenvalue weighted by molar-refractivity contribution is -0.384. The van der Waals surface area contributed by atoms with Gasteiger partial charge in [0.05, 0.1) is 23.2 Å². The predicted molar refractivity (Wildman–Crippen MR) is 126 cm³/mol. The van der Waals surface area contributed by atoms with E-state index in [-0.39, 0.29) is 23.5 Å². The minimum absolute atomic E-state index is 0.133. The molecule has 190 valence electrons. The fraction of sp³-hybridized carbons (Fsp3) is 0.385. The van der Waals surface area contributed by atoms with E-state index in [4.69, 9.17) is 23.7 Å². The minimum atomic E-state index is -0.823. The Morgan fingerprint density at radius 1 is 1.08 bits per heavy atom. The zero-order valence-electron chi connectivity index (χ0n) is 19.9. The molecule has 10 nitrogen and oxygen atoms in total. The summed E-state index contributed by atoms with van der Waals surface area (Å²) in [6.07, 6.45) is -1.11. The summed E-state index contributed by atoms with van der Waals surface area (Å²) in [5.74, 6) is -0.832. The highest BCUT2D eigenvalue weighted by molar-refractivity contribution is 5.93. The summed E-state index contributed by atoms with van der Waals surface area (Å²) >= 11 is 0. The molecule has 2 aromatic carbocycles. The van der Waals surface area contributed by atoms with Gasteiger partial charge in [-0.25, -0.2) is 4.79 Å². The number of nitro groups is 1. The third kappa shape index (κ3) is 6.41. The number of hydrogen-bond donors (Lipinski definition) is 0. The molecule has 0 amide bonds. The molecule has 0 bridgehead atoms. The molecule has 6 atom stereocenters. The molecule has 1 fully saturated rings. The second-order valence-electron chi connectivity index (χ2n) is 8.56. The third-order valence-electron chi connectivity index (χ3n) is 5.92. The van der Waals surface area contributed by atoms with Crippen molar-refractivity contribution in [2.24, 2.45) is 0 Å². The summed E-state index contributed by atoms with van der Waals surface area (Å²) in [5.41, 5.74) is 0.992. The van der Waals surface area contributed by atoms with Crippen molar-refractivity contribution < 1.29 is 38.2 Å². The lowest BCUT2D eigenvalue weighted by Gasteiger charge is -2.41. The van der Waals surface area contributed by atoms with Crippen LogP contribution in [0.1, 0.15) is 36.2 Å². The summed E-state index contributed by atoms with van der Waals surface area (Å²) in [5, 5.41) is 10.9. The van der Waals surface area contributed by atoms with Crippen LogP contribution in [0.2, 0.25) is 0 Å². The van der Waals surface area contributed by atoms with Gasteiger partial charge >= 0.3 is 5.97 Å². The number of carbonyl (C=O) groups is 2. The van der Waals surface area contributed by atoms with Crippen LogP contribution in [0.25, 0.3) is 0 Å². The van der Waals surface area contributed by atoms with Gasteiger partial charge in [0.15, 0.2) is 18.4 Å². The summed E-state index contributed by atoms with van der Waals surface area (Å²) < 4.78 is 29.4. The molecule has 4 rings (SSSR count). The van der Waals surface area contributed by atoms with Gasteiger partial charge in [0.2, 0.25) is 0 Å². The van der Waals surface area contributed by atoms with E-state index in [2.05, 4.69) is 0 Å². The van der Waals surface area contributed by atoms with Crippen LogP contribution in [0.15, 0.2) is 66.7 Å². The Balaban J connectivity index is 1.48. The first kappa shape index (κ1) is 25.6. The standard InChI is InChI=1S/C26H27NO9/c1-16-21(28)12-13-23(33-16)36-25-17(2)34-24(32-15-18-6-4-3-5-7-18)14-22(25)35-26(29)19-8-10-20(11-9-19)27(30)31/h3-13,16-17,22-25H,14-15H2,1-2H3/t16-,17-,22-,23+,24-,25-/m1/s1. The maximum atomic E-state index is 12.9. The smallest absolute Gasteiger partial charge is 0.338 e. The number of ether oxygens (including phenoxy) is 5. The van der Waals surface area contributed by atoms with Crippen molar-refractivity contribution in [1.82, 2.24) is 0 Å².